The zero-order valence-corrected chi connectivity index (χ0v) is 7.75. The molecule has 0 N–H and O–H groups in total. The standard InChI is InChI=1S/C10H13NO2/c1-3-5-6-9(8-11)10(12)13-7-4-2/h4,6H,2-3,5,7H2,1H3/b9-6+. The minimum atomic E-state index is -0.573. The summed E-state index contributed by atoms with van der Waals surface area (Å²) >= 11 is 0. The fourth-order valence-corrected chi connectivity index (χ4v) is 0.676. The van der Waals surface area contributed by atoms with Crippen molar-refractivity contribution < 1.29 is 9.53 Å². The van der Waals surface area contributed by atoms with Crippen molar-refractivity contribution in [1.82, 2.24) is 0 Å². The van der Waals surface area contributed by atoms with Crippen molar-refractivity contribution in [3.8, 4) is 6.07 Å². The third-order valence-electron chi connectivity index (χ3n) is 1.31. The molecule has 0 bridgehead atoms. The molecule has 0 saturated carbocycles. The van der Waals surface area contributed by atoms with Crippen LogP contribution in [0, 0.1) is 11.3 Å². The molecule has 0 amide bonds. The van der Waals surface area contributed by atoms with E-state index in [2.05, 4.69) is 6.58 Å². The van der Waals surface area contributed by atoms with Crippen LogP contribution in [0.2, 0.25) is 0 Å². The van der Waals surface area contributed by atoms with Gasteiger partial charge in [0.15, 0.2) is 0 Å². The van der Waals surface area contributed by atoms with Gasteiger partial charge >= 0.3 is 5.97 Å². The number of unbranched alkanes of at least 4 members (excludes halogenated alkanes) is 1. The highest BCUT2D eigenvalue weighted by molar-refractivity contribution is 5.92. The van der Waals surface area contributed by atoms with Crippen molar-refractivity contribution in [2.24, 2.45) is 0 Å². The third kappa shape index (κ3) is 4.81. The Morgan fingerprint density at radius 1 is 1.69 bits per heavy atom. The number of ether oxygens (including phenoxy) is 1. The molecule has 0 spiro atoms. The number of nitriles is 1. The minimum absolute atomic E-state index is 0.0729. The Morgan fingerprint density at radius 3 is 2.85 bits per heavy atom. The molecule has 13 heavy (non-hydrogen) atoms. The summed E-state index contributed by atoms with van der Waals surface area (Å²) in [5.41, 5.74) is 0.0729. The molecule has 0 unspecified atom stereocenters. The first kappa shape index (κ1) is 11.4. The first-order valence-corrected chi connectivity index (χ1v) is 4.14. The molecule has 0 saturated heterocycles. The molecule has 0 aliphatic heterocycles. The van der Waals surface area contributed by atoms with Crippen molar-refractivity contribution in [1.29, 1.82) is 5.26 Å². The lowest BCUT2D eigenvalue weighted by Crippen LogP contribution is -2.06. The summed E-state index contributed by atoms with van der Waals surface area (Å²) in [6.45, 7) is 5.52. The molecule has 0 aromatic heterocycles. The highest BCUT2D eigenvalue weighted by Gasteiger charge is 2.07. The molecule has 70 valence electrons. The Kier molecular flexibility index (Phi) is 6.26. The third-order valence-corrected chi connectivity index (χ3v) is 1.31. The second-order valence-electron chi connectivity index (χ2n) is 2.41. The van der Waals surface area contributed by atoms with Gasteiger partial charge in [0.25, 0.3) is 0 Å². The van der Waals surface area contributed by atoms with E-state index in [9.17, 15) is 4.79 Å². The summed E-state index contributed by atoms with van der Waals surface area (Å²) in [6.07, 6.45) is 4.67. The fourth-order valence-electron chi connectivity index (χ4n) is 0.676. The van der Waals surface area contributed by atoms with E-state index >= 15 is 0 Å². The fraction of sp³-hybridized carbons (Fsp3) is 0.400. The van der Waals surface area contributed by atoms with Gasteiger partial charge in [-0.3, -0.25) is 0 Å². The molecule has 0 aliphatic rings. The average molecular weight is 179 g/mol. The first-order valence-electron chi connectivity index (χ1n) is 4.14. The lowest BCUT2D eigenvalue weighted by atomic mass is 10.2. The van der Waals surface area contributed by atoms with Crippen LogP contribution in [0.3, 0.4) is 0 Å². The minimum Gasteiger partial charge on any atom is -0.457 e. The predicted octanol–water partition coefficient (Wildman–Crippen LogP) is 1.97. The van der Waals surface area contributed by atoms with Gasteiger partial charge < -0.3 is 4.74 Å². The smallest absolute Gasteiger partial charge is 0.348 e. The Labute approximate surface area is 78.3 Å². The number of esters is 1. The highest BCUT2D eigenvalue weighted by Crippen LogP contribution is 2.00. The van der Waals surface area contributed by atoms with E-state index in [1.807, 2.05) is 6.92 Å². The molecular weight excluding hydrogens is 166 g/mol. The van der Waals surface area contributed by atoms with E-state index in [1.165, 1.54) is 6.08 Å². The number of carbonyl (C=O) groups excluding carboxylic acids is 1. The van der Waals surface area contributed by atoms with Gasteiger partial charge in [-0.25, -0.2) is 4.79 Å². The van der Waals surface area contributed by atoms with Crippen LogP contribution in [-0.2, 0) is 9.53 Å². The molecule has 0 rings (SSSR count). The summed E-state index contributed by atoms with van der Waals surface area (Å²) in [7, 11) is 0. The highest BCUT2D eigenvalue weighted by atomic mass is 16.5. The number of nitrogens with zero attached hydrogens (tertiary/aromatic N) is 1. The summed E-state index contributed by atoms with van der Waals surface area (Å²) in [5, 5.41) is 8.58. The predicted molar refractivity (Wildman–Crippen MR) is 49.8 cm³/mol. The first-order chi connectivity index (χ1) is 6.26. The van der Waals surface area contributed by atoms with Crippen LogP contribution in [0.4, 0.5) is 0 Å². The van der Waals surface area contributed by atoms with Crippen molar-refractivity contribution in [3.05, 3.63) is 24.3 Å². The van der Waals surface area contributed by atoms with Crippen molar-refractivity contribution >= 4 is 5.97 Å². The second-order valence-corrected chi connectivity index (χ2v) is 2.41. The molecule has 0 fully saturated rings. The molecule has 0 aliphatic carbocycles. The average Bonchev–Trinajstić information content (AvgIpc) is 2.16. The maximum Gasteiger partial charge on any atom is 0.348 e. The molecule has 0 heterocycles. The van der Waals surface area contributed by atoms with Gasteiger partial charge in [-0.2, -0.15) is 5.26 Å². The zero-order valence-electron chi connectivity index (χ0n) is 7.75. The quantitative estimate of drug-likeness (QED) is 0.280. The van der Waals surface area contributed by atoms with Gasteiger partial charge in [-0.05, 0) is 6.42 Å². The van der Waals surface area contributed by atoms with Gasteiger partial charge in [-0.15, -0.1) is 0 Å². The lowest BCUT2D eigenvalue weighted by molar-refractivity contribution is -0.137. The largest absolute Gasteiger partial charge is 0.457 e. The van der Waals surface area contributed by atoms with Crippen LogP contribution in [-0.4, -0.2) is 12.6 Å². The number of hydrogen-bond donors (Lipinski definition) is 0. The van der Waals surface area contributed by atoms with Crippen molar-refractivity contribution in [3.63, 3.8) is 0 Å². The summed E-state index contributed by atoms with van der Waals surface area (Å²) in [4.78, 5) is 11.1. The van der Waals surface area contributed by atoms with Crippen LogP contribution in [0.5, 0.6) is 0 Å². The van der Waals surface area contributed by atoms with Gasteiger partial charge in [-0.1, -0.05) is 32.1 Å². The SMILES string of the molecule is C=CCOC(=O)/C(C#N)=C/CCC. The van der Waals surface area contributed by atoms with Crippen LogP contribution in [0.1, 0.15) is 19.8 Å². The molecule has 0 radical (unpaired) electrons. The number of hydrogen-bond acceptors (Lipinski definition) is 3. The van der Waals surface area contributed by atoms with E-state index in [0.717, 1.165) is 6.42 Å². The van der Waals surface area contributed by atoms with E-state index in [0.29, 0.717) is 6.42 Å². The molecule has 0 aromatic carbocycles. The maximum absolute atomic E-state index is 11.1. The summed E-state index contributed by atoms with van der Waals surface area (Å²) in [5.74, 6) is -0.573. The lowest BCUT2D eigenvalue weighted by Gasteiger charge is -1.98. The normalized spacial score (nSPS) is 10.3. The van der Waals surface area contributed by atoms with Crippen LogP contribution >= 0.6 is 0 Å². The van der Waals surface area contributed by atoms with Crippen LogP contribution in [0.25, 0.3) is 0 Å². The zero-order chi connectivity index (χ0) is 10.1. The van der Waals surface area contributed by atoms with E-state index in [1.54, 1.807) is 12.1 Å². The van der Waals surface area contributed by atoms with Gasteiger partial charge in [0.2, 0.25) is 0 Å². The molecule has 3 nitrogen and oxygen atoms in total. The Morgan fingerprint density at radius 2 is 2.38 bits per heavy atom. The molecule has 3 heteroatoms. The maximum atomic E-state index is 11.1. The van der Waals surface area contributed by atoms with Crippen molar-refractivity contribution in [2.45, 2.75) is 19.8 Å². The van der Waals surface area contributed by atoms with Crippen LogP contribution < -0.4 is 0 Å². The summed E-state index contributed by atoms with van der Waals surface area (Å²) in [6, 6.07) is 1.80. The summed E-state index contributed by atoms with van der Waals surface area (Å²) < 4.78 is 4.69. The van der Waals surface area contributed by atoms with Gasteiger partial charge in [0, 0.05) is 0 Å². The number of rotatable bonds is 5. The molecule has 0 aromatic rings. The van der Waals surface area contributed by atoms with Crippen molar-refractivity contribution in [2.75, 3.05) is 6.61 Å². The van der Waals surface area contributed by atoms with Crippen LogP contribution in [0.15, 0.2) is 24.3 Å². The molecule has 0 atom stereocenters. The topological polar surface area (TPSA) is 50.1 Å². The number of allylic oxidation sites excluding steroid dienone is 1. The Balaban J connectivity index is 4.16. The van der Waals surface area contributed by atoms with Gasteiger partial charge in [0.1, 0.15) is 18.2 Å². The van der Waals surface area contributed by atoms with E-state index in [-0.39, 0.29) is 12.2 Å². The second kappa shape index (κ2) is 7.11. The monoisotopic (exact) mass is 179 g/mol. The number of carbonyl (C=O) groups is 1. The Bertz CT molecular complexity index is 248. The Hall–Kier alpha value is -1.56. The van der Waals surface area contributed by atoms with Gasteiger partial charge in [0.05, 0.1) is 0 Å². The molecular formula is C10H13NO2. The van der Waals surface area contributed by atoms with E-state index in [4.69, 9.17) is 10.00 Å². The van der Waals surface area contributed by atoms with E-state index < -0.39 is 5.97 Å².